The molecule has 0 amide bonds. The third kappa shape index (κ3) is 4.05. The molecule has 0 unspecified atom stereocenters. The van der Waals surface area contributed by atoms with Gasteiger partial charge in [0.1, 0.15) is 6.54 Å². The van der Waals surface area contributed by atoms with E-state index in [1.807, 2.05) is 0 Å². The highest BCUT2D eigenvalue weighted by Crippen LogP contribution is 2.13. The van der Waals surface area contributed by atoms with Crippen LogP contribution in [-0.4, -0.2) is 24.6 Å². The van der Waals surface area contributed by atoms with Crippen molar-refractivity contribution in [3.8, 4) is 0 Å². The first-order chi connectivity index (χ1) is 7.20. The molecular weight excluding hydrogens is 182 g/mol. The summed E-state index contributed by atoms with van der Waals surface area (Å²) in [5, 5.41) is 0. The zero-order chi connectivity index (χ0) is 11.1. The summed E-state index contributed by atoms with van der Waals surface area (Å²) in [6.07, 6.45) is 2.53. The summed E-state index contributed by atoms with van der Waals surface area (Å²) in [5.74, 6) is 0. The largest absolute Gasteiger partial charge is 0.322 e. The van der Waals surface area contributed by atoms with Crippen LogP contribution < -0.4 is 0 Å². The van der Waals surface area contributed by atoms with E-state index >= 15 is 0 Å². The van der Waals surface area contributed by atoms with Crippen LogP contribution in [-0.2, 0) is 6.54 Å². The lowest BCUT2D eigenvalue weighted by molar-refractivity contribution is -0.922. The molecule has 0 aromatic heterocycles. The van der Waals surface area contributed by atoms with Crippen molar-refractivity contribution in [1.82, 2.24) is 0 Å². The maximum Gasteiger partial charge on any atom is 0.104 e. The van der Waals surface area contributed by atoms with Gasteiger partial charge < -0.3 is 4.48 Å². The van der Waals surface area contributed by atoms with Crippen molar-refractivity contribution in [3.63, 3.8) is 0 Å². The predicted octanol–water partition coefficient (Wildman–Crippen LogP) is 3.45. The van der Waals surface area contributed by atoms with Gasteiger partial charge in [-0.25, -0.2) is 0 Å². The van der Waals surface area contributed by atoms with Crippen molar-refractivity contribution >= 4 is 0 Å². The molecule has 1 rings (SSSR count). The summed E-state index contributed by atoms with van der Waals surface area (Å²) >= 11 is 0. The summed E-state index contributed by atoms with van der Waals surface area (Å²) in [4.78, 5) is 0. The molecule has 1 nitrogen and oxygen atoms in total. The molecule has 0 spiro atoms. The van der Waals surface area contributed by atoms with Crippen molar-refractivity contribution in [3.05, 3.63) is 35.9 Å². The van der Waals surface area contributed by atoms with Gasteiger partial charge in [-0.15, -0.1) is 0 Å². The van der Waals surface area contributed by atoms with E-state index in [9.17, 15) is 0 Å². The number of hydrogen-bond donors (Lipinski definition) is 0. The minimum atomic E-state index is 1.17. The van der Waals surface area contributed by atoms with Gasteiger partial charge in [-0.1, -0.05) is 44.2 Å². The van der Waals surface area contributed by atoms with E-state index in [-0.39, 0.29) is 0 Å². The van der Waals surface area contributed by atoms with Gasteiger partial charge in [-0.05, 0) is 12.8 Å². The van der Waals surface area contributed by atoms with Crippen LogP contribution >= 0.6 is 0 Å². The second-order valence-electron chi connectivity index (χ2n) is 4.71. The van der Waals surface area contributed by atoms with Crippen molar-refractivity contribution in [2.24, 2.45) is 0 Å². The van der Waals surface area contributed by atoms with Crippen LogP contribution in [0.3, 0.4) is 0 Å². The molecule has 1 aromatic carbocycles. The van der Waals surface area contributed by atoms with E-state index in [4.69, 9.17) is 0 Å². The number of benzene rings is 1. The third-order valence-electron chi connectivity index (χ3n) is 2.93. The molecule has 0 fully saturated rings. The molecule has 1 aromatic rings. The van der Waals surface area contributed by atoms with Crippen molar-refractivity contribution in [1.29, 1.82) is 0 Å². The summed E-state index contributed by atoms with van der Waals surface area (Å²) in [5.41, 5.74) is 1.46. The van der Waals surface area contributed by atoms with Gasteiger partial charge >= 0.3 is 0 Å². The Morgan fingerprint density at radius 1 is 0.933 bits per heavy atom. The molecule has 0 heterocycles. The average molecular weight is 206 g/mol. The molecule has 0 saturated carbocycles. The Labute approximate surface area is 94.3 Å². The summed E-state index contributed by atoms with van der Waals surface area (Å²) in [7, 11) is 2.38. The molecule has 0 radical (unpaired) electrons. The highest BCUT2D eigenvalue weighted by molar-refractivity contribution is 5.13. The standard InChI is InChI=1S/C14H24N/c1-4-11-15(3,12-5-2)13-14-9-7-6-8-10-14/h6-10H,4-5,11-13H2,1-3H3/q+1. The molecule has 0 aliphatic rings. The number of rotatable bonds is 6. The zero-order valence-electron chi connectivity index (χ0n) is 10.4. The highest BCUT2D eigenvalue weighted by atomic mass is 15.3. The van der Waals surface area contributed by atoms with E-state index in [0.29, 0.717) is 0 Å². The third-order valence-corrected chi connectivity index (χ3v) is 2.93. The summed E-state index contributed by atoms with van der Waals surface area (Å²) in [6, 6.07) is 10.8. The van der Waals surface area contributed by atoms with Crippen molar-refractivity contribution in [2.45, 2.75) is 33.2 Å². The predicted molar refractivity (Wildman–Crippen MR) is 66.6 cm³/mol. The van der Waals surface area contributed by atoms with E-state index < -0.39 is 0 Å². The Morgan fingerprint density at radius 3 is 1.93 bits per heavy atom. The molecule has 0 aliphatic carbocycles. The molecule has 0 bridgehead atoms. The lowest BCUT2D eigenvalue weighted by Gasteiger charge is -2.34. The number of quaternary nitrogens is 1. The maximum atomic E-state index is 2.38. The number of nitrogens with zero attached hydrogens (tertiary/aromatic N) is 1. The average Bonchev–Trinajstić information content (AvgIpc) is 2.19. The molecule has 0 atom stereocenters. The summed E-state index contributed by atoms with van der Waals surface area (Å²) in [6.45, 7) is 8.28. The summed E-state index contributed by atoms with van der Waals surface area (Å²) < 4.78 is 1.18. The van der Waals surface area contributed by atoms with Crippen molar-refractivity contribution < 1.29 is 4.48 Å². The van der Waals surface area contributed by atoms with Crippen molar-refractivity contribution in [2.75, 3.05) is 20.1 Å². The molecule has 15 heavy (non-hydrogen) atoms. The van der Waals surface area contributed by atoms with Crippen LogP contribution in [0.1, 0.15) is 32.3 Å². The van der Waals surface area contributed by atoms with Gasteiger partial charge in [0.15, 0.2) is 0 Å². The lowest BCUT2D eigenvalue weighted by atomic mass is 10.1. The van der Waals surface area contributed by atoms with Gasteiger partial charge in [0.05, 0.1) is 20.1 Å². The van der Waals surface area contributed by atoms with E-state index in [2.05, 4.69) is 51.2 Å². The molecular formula is C14H24N+. The Kier molecular flexibility index (Phi) is 4.83. The van der Waals surface area contributed by atoms with Gasteiger partial charge in [-0.2, -0.15) is 0 Å². The Hall–Kier alpha value is -0.820. The normalized spacial score (nSPS) is 11.7. The fourth-order valence-electron chi connectivity index (χ4n) is 2.37. The van der Waals surface area contributed by atoms with E-state index in [0.717, 1.165) is 0 Å². The molecule has 1 heteroatoms. The van der Waals surface area contributed by atoms with E-state index in [1.165, 1.54) is 42.5 Å². The second kappa shape index (κ2) is 5.92. The SMILES string of the molecule is CCC[N+](C)(CCC)Cc1ccccc1. The topological polar surface area (TPSA) is 0 Å². The Morgan fingerprint density at radius 2 is 1.47 bits per heavy atom. The van der Waals surface area contributed by atoms with Crippen LogP contribution in [0.15, 0.2) is 30.3 Å². The van der Waals surface area contributed by atoms with Gasteiger partial charge in [0, 0.05) is 5.56 Å². The van der Waals surface area contributed by atoms with Crippen LogP contribution in [0.2, 0.25) is 0 Å². The molecule has 0 aliphatic heterocycles. The minimum absolute atomic E-state index is 1.17. The van der Waals surface area contributed by atoms with Gasteiger partial charge in [-0.3, -0.25) is 0 Å². The minimum Gasteiger partial charge on any atom is -0.322 e. The molecule has 84 valence electrons. The first kappa shape index (κ1) is 12.3. The van der Waals surface area contributed by atoms with Crippen LogP contribution in [0.4, 0.5) is 0 Å². The zero-order valence-corrected chi connectivity index (χ0v) is 10.4. The molecule has 0 saturated heterocycles. The molecule has 0 N–H and O–H groups in total. The second-order valence-corrected chi connectivity index (χ2v) is 4.71. The highest BCUT2D eigenvalue weighted by Gasteiger charge is 2.19. The van der Waals surface area contributed by atoms with E-state index in [1.54, 1.807) is 0 Å². The quantitative estimate of drug-likeness (QED) is 0.625. The Bertz CT molecular complexity index is 260. The smallest absolute Gasteiger partial charge is 0.104 e. The fraction of sp³-hybridized carbons (Fsp3) is 0.571. The maximum absolute atomic E-state index is 2.38. The first-order valence-corrected chi connectivity index (χ1v) is 6.07. The van der Waals surface area contributed by atoms with Gasteiger partial charge in [0.2, 0.25) is 0 Å². The monoisotopic (exact) mass is 206 g/mol. The van der Waals surface area contributed by atoms with Crippen LogP contribution in [0, 0.1) is 0 Å². The Balaban J connectivity index is 2.66. The van der Waals surface area contributed by atoms with Crippen LogP contribution in [0.5, 0.6) is 0 Å². The van der Waals surface area contributed by atoms with Gasteiger partial charge in [0.25, 0.3) is 0 Å². The lowest BCUT2D eigenvalue weighted by Crippen LogP contribution is -2.44. The number of hydrogen-bond acceptors (Lipinski definition) is 0. The first-order valence-electron chi connectivity index (χ1n) is 6.07. The van der Waals surface area contributed by atoms with Crippen LogP contribution in [0.25, 0.3) is 0 Å². The fourth-order valence-corrected chi connectivity index (χ4v) is 2.37.